The van der Waals surface area contributed by atoms with Crippen LogP contribution in [0, 0.1) is 13.8 Å². The van der Waals surface area contributed by atoms with Crippen molar-refractivity contribution in [1.82, 2.24) is 20.1 Å². The minimum Gasteiger partial charge on any atom is -0.490 e. The van der Waals surface area contributed by atoms with Gasteiger partial charge in [0.2, 0.25) is 0 Å². The number of aryl methyl sites for hydroxylation is 3. The maximum Gasteiger partial charge on any atom is 0.273 e. The van der Waals surface area contributed by atoms with Gasteiger partial charge in [0.15, 0.2) is 5.65 Å². The Kier molecular flexibility index (Phi) is 5.59. The Labute approximate surface area is 174 Å². The van der Waals surface area contributed by atoms with Crippen LogP contribution in [0.15, 0.2) is 29.1 Å². The van der Waals surface area contributed by atoms with Gasteiger partial charge in [-0.05, 0) is 49.9 Å². The molecule has 8 heteroatoms. The molecule has 1 aliphatic rings. The number of fused-ring (bicyclic) bond motifs is 1. The van der Waals surface area contributed by atoms with Gasteiger partial charge in [-0.1, -0.05) is 12.1 Å². The van der Waals surface area contributed by atoms with E-state index in [1.807, 2.05) is 26.0 Å². The minimum atomic E-state index is -0.237. The molecular formula is C22H26N4O4. The van der Waals surface area contributed by atoms with Crippen LogP contribution < -0.4 is 15.6 Å². The number of hydrogen-bond acceptors (Lipinski definition) is 5. The SMILES string of the molecule is Cc1nc2c(c(C)c1CNC(=O)c1ccccc1OCC1CCCO1)c(=O)[nH]n2C. The average Bonchev–Trinajstić information content (AvgIpc) is 3.34. The van der Waals surface area contributed by atoms with Gasteiger partial charge in [-0.3, -0.25) is 19.4 Å². The summed E-state index contributed by atoms with van der Waals surface area (Å²) in [4.78, 5) is 29.7. The lowest BCUT2D eigenvalue weighted by Gasteiger charge is -2.15. The van der Waals surface area contributed by atoms with Gasteiger partial charge in [0.25, 0.3) is 11.5 Å². The molecule has 1 atom stereocenters. The third-order valence-corrected chi connectivity index (χ3v) is 5.58. The number of benzene rings is 1. The Morgan fingerprint density at radius 3 is 2.93 bits per heavy atom. The zero-order valence-electron chi connectivity index (χ0n) is 17.4. The van der Waals surface area contributed by atoms with Gasteiger partial charge < -0.3 is 14.8 Å². The molecule has 1 aliphatic heterocycles. The van der Waals surface area contributed by atoms with Gasteiger partial charge in [-0.25, -0.2) is 4.98 Å². The summed E-state index contributed by atoms with van der Waals surface area (Å²) in [5.41, 5.74) is 3.33. The molecule has 1 fully saturated rings. The fourth-order valence-electron chi connectivity index (χ4n) is 3.91. The van der Waals surface area contributed by atoms with Crippen molar-refractivity contribution in [3.8, 4) is 5.75 Å². The zero-order chi connectivity index (χ0) is 21.3. The Balaban J connectivity index is 1.51. The third kappa shape index (κ3) is 3.82. The van der Waals surface area contributed by atoms with E-state index in [9.17, 15) is 9.59 Å². The molecule has 0 saturated carbocycles. The Hall–Kier alpha value is -3.13. The van der Waals surface area contributed by atoms with Crippen LogP contribution in [-0.4, -0.2) is 40.0 Å². The maximum absolute atomic E-state index is 12.9. The van der Waals surface area contributed by atoms with Crippen LogP contribution in [0.25, 0.3) is 11.0 Å². The molecule has 3 aromatic rings. The fraction of sp³-hybridized carbons (Fsp3) is 0.409. The number of nitrogens with one attached hydrogen (secondary N) is 2. The number of carbonyl (C=O) groups excluding carboxylic acids is 1. The number of ether oxygens (including phenoxy) is 2. The molecule has 2 N–H and O–H groups in total. The van der Waals surface area contributed by atoms with E-state index in [0.29, 0.717) is 29.0 Å². The molecular weight excluding hydrogens is 384 g/mol. The van der Waals surface area contributed by atoms with E-state index < -0.39 is 0 Å². The van der Waals surface area contributed by atoms with Gasteiger partial charge in [0, 0.05) is 25.9 Å². The molecule has 1 saturated heterocycles. The number of hydrogen-bond donors (Lipinski definition) is 2. The van der Waals surface area contributed by atoms with E-state index in [4.69, 9.17) is 9.47 Å². The summed E-state index contributed by atoms with van der Waals surface area (Å²) in [6, 6.07) is 7.18. The molecule has 2 aromatic heterocycles. The van der Waals surface area contributed by atoms with Crippen molar-refractivity contribution in [2.45, 2.75) is 39.3 Å². The number of rotatable bonds is 6. The first kappa shape index (κ1) is 20.2. The van der Waals surface area contributed by atoms with Gasteiger partial charge in [-0.15, -0.1) is 0 Å². The van der Waals surface area contributed by atoms with Crippen LogP contribution in [0.1, 0.15) is 40.0 Å². The number of nitrogens with zero attached hydrogens (tertiary/aromatic N) is 2. The van der Waals surface area contributed by atoms with Crippen LogP contribution in [-0.2, 0) is 18.3 Å². The summed E-state index contributed by atoms with van der Waals surface area (Å²) in [6.07, 6.45) is 2.09. The van der Waals surface area contributed by atoms with Gasteiger partial charge in [-0.2, -0.15) is 0 Å². The lowest BCUT2D eigenvalue weighted by molar-refractivity contribution is 0.0670. The van der Waals surface area contributed by atoms with Gasteiger partial charge >= 0.3 is 0 Å². The molecule has 158 valence electrons. The molecule has 1 amide bonds. The first-order valence-corrected chi connectivity index (χ1v) is 10.1. The van der Waals surface area contributed by atoms with E-state index in [1.165, 1.54) is 0 Å². The van der Waals surface area contributed by atoms with E-state index in [-0.39, 0.29) is 24.1 Å². The van der Waals surface area contributed by atoms with Crippen molar-refractivity contribution in [3.63, 3.8) is 0 Å². The molecule has 0 radical (unpaired) electrons. The second kappa shape index (κ2) is 8.31. The van der Waals surface area contributed by atoms with E-state index in [2.05, 4.69) is 15.4 Å². The number of aromatic nitrogens is 3. The lowest BCUT2D eigenvalue weighted by atomic mass is 10.0. The Morgan fingerprint density at radius 2 is 2.17 bits per heavy atom. The molecule has 3 heterocycles. The van der Waals surface area contributed by atoms with Crippen LogP contribution in [0.5, 0.6) is 5.75 Å². The molecule has 8 nitrogen and oxygen atoms in total. The topological polar surface area (TPSA) is 98.2 Å². The number of aromatic amines is 1. The van der Waals surface area contributed by atoms with Gasteiger partial charge in [0.05, 0.1) is 17.1 Å². The number of H-pyrrole nitrogens is 1. The number of pyridine rings is 1. The van der Waals surface area contributed by atoms with Crippen molar-refractivity contribution >= 4 is 16.9 Å². The molecule has 0 aliphatic carbocycles. The van der Waals surface area contributed by atoms with Crippen LogP contribution in [0.3, 0.4) is 0 Å². The summed E-state index contributed by atoms with van der Waals surface area (Å²) in [5, 5.41) is 6.23. The van der Waals surface area contributed by atoms with Crippen molar-refractivity contribution in [3.05, 3.63) is 57.0 Å². The highest BCUT2D eigenvalue weighted by Gasteiger charge is 2.19. The highest BCUT2D eigenvalue weighted by molar-refractivity contribution is 5.97. The summed E-state index contributed by atoms with van der Waals surface area (Å²) in [5.74, 6) is 0.297. The third-order valence-electron chi connectivity index (χ3n) is 5.58. The van der Waals surface area contributed by atoms with Crippen molar-refractivity contribution in [1.29, 1.82) is 0 Å². The number of carbonyl (C=O) groups is 1. The maximum atomic E-state index is 12.9. The quantitative estimate of drug-likeness (QED) is 0.650. The lowest BCUT2D eigenvalue weighted by Crippen LogP contribution is -2.25. The van der Waals surface area contributed by atoms with E-state index >= 15 is 0 Å². The Morgan fingerprint density at radius 1 is 1.37 bits per heavy atom. The second-order valence-electron chi connectivity index (χ2n) is 7.62. The predicted molar refractivity (Wildman–Crippen MR) is 113 cm³/mol. The highest BCUT2D eigenvalue weighted by Crippen LogP contribution is 2.22. The summed E-state index contributed by atoms with van der Waals surface area (Å²) < 4.78 is 13.1. The Bertz CT molecular complexity index is 1140. The van der Waals surface area contributed by atoms with Crippen molar-refractivity contribution in [2.75, 3.05) is 13.2 Å². The number of para-hydroxylation sites is 1. The predicted octanol–water partition coefficient (Wildman–Crippen LogP) is 2.37. The molecule has 4 rings (SSSR count). The fourth-order valence-corrected chi connectivity index (χ4v) is 3.91. The van der Waals surface area contributed by atoms with Crippen molar-refractivity contribution < 1.29 is 14.3 Å². The van der Waals surface area contributed by atoms with Gasteiger partial charge in [0.1, 0.15) is 12.4 Å². The summed E-state index contributed by atoms with van der Waals surface area (Å²) in [7, 11) is 1.75. The minimum absolute atomic E-state index is 0.0770. The highest BCUT2D eigenvalue weighted by atomic mass is 16.5. The average molecular weight is 410 g/mol. The van der Waals surface area contributed by atoms with Crippen LogP contribution in [0.4, 0.5) is 0 Å². The monoisotopic (exact) mass is 410 g/mol. The van der Waals surface area contributed by atoms with Crippen LogP contribution in [0.2, 0.25) is 0 Å². The van der Waals surface area contributed by atoms with Crippen molar-refractivity contribution in [2.24, 2.45) is 7.05 Å². The largest absolute Gasteiger partial charge is 0.490 e. The normalized spacial score (nSPS) is 16.2. The smallest absolute Gasteiger partial charge is 0.273 e. The first-order valence-electron chi connectivity index (χ1n) is 10.1. The molecule has 0 bridgehead atoms. The summed E-state index contributed by atoms with van der Waals surface area (Å²) in [6.45, 7) is 5.22. The molecule has 1 aromatic carbocycles. The standard InChI is InChI=1S/C22H26N4O4/c1-13-17(14(2)24-20-19(13)22(28)25-26(20)3)11-23-21(27)16-8-4-5-9-18(16)30-12-15-7-6-10-29-15/h4-5,8-9,15H,6-7,10-12H2,1-3H3,(H,23,27)(H,25,28). The second-order valence-corrected chi connectivity index (χ2v) is 7.62. The van der Waals surface area contributed by atoms with E-state index in [1.54, 1.807) is 23.9 Å². The zero-order valence-corrected chi connectivity index (χ0v) is 17.4. The van der Waals surface area contributed by atoms with Crippen LogP contribution >= 0.6 is 0 Å². The molecule has 0 spiro atoms. The summed E-state index contributed by atoms with van der Waals surface area (Å²) >= 11 is 0. The van der Waals surface area contributed by atoms with E-state index in [0.717, 1.165) is 36.3 Å². The first-order chi connectivity index (χ1) is 14.5. The number of amides is 1. The molecule has 30 heavy (non-hydrogen) atoms. The molecule has 1 unspecified atom stereocenters.